The van der Waals surface area contributed by atoms with Crippen molar-refractivity contribution in [3.05, 3.63) is 23.8 Å². The van der Waals surface area contributed by atoms with Gasteiger partial charge in [-0.05, 0) is 19.1 Å². The Morgan fingerprint density at radius 1 is 1.54 bits per heavy atom. The van der Waals surface area contributed by atoms with E-state index < -0.39 is 0 Å². The molecule has 3 nitrogen and oxygen atoms in total. The largest absolute Gasteiger partial charge is 0.485 e. The normalized spacial score (nSPS) is 19.6. The van der Waals surface area contributed by atoms with Crippen molar-refractivity contribution >= 4 is 6.29 Å². The summed E-state index contributed by atoms with van der Waals surface area (Å²) in [5, 5.41) is 0. The third kappa shape index (κ3) is 1.37. The van der Waals surface area contributed by atoms with Gasteiger partial charge in [-0.15, -0.1) is 0 Å². The monoisotopic (exact) mass is 178 g/mol. The van der Waals surface area contributed by atoms with Gasteiger partial charge in [-0.2, -0.15) is 0 Å². The van der Waals surface area contributed by atoms with Crippen LogP contribution in [-0.2, 0) is 0 Å². The molecule has 1 unspecified atom stereocenters. The molecule has 0 saturated carbocycles. The minimum Gasteiger partial charge on any atom is -0.485 e. The number of aldehydes is 1. The molecule has 0 spiro atoms. The third-order valence-electron chi connectivity index (χ3n) is 1.93. The lowest BCUT2D eigenvalue weighted by Gasteiger charge is -2.24. The number of hydrogen-bond acceptors (Lipinski definition) is 3. The standard InChI is InChI=1S/C10H10O3/c1-7-6-12-10-8(5-11)3-2-4-9(10)13-7/h2-5,7H,6H2,1H3. The molecule has 0 fully saturated rings. The maximum atomic E-state index is 10.6. The van der Waals surface area contributed by atoms with E-state index in [2.05, 4.69) is 0 Å². The van der Waals surface area contributed by atoms with Crippen LogP contribution in [0.2, 0.25) is 0 Å². The second-order valence-electron chi connectivity index (χ2n) is 3.03. The van der Waals surface area contributed by atoms with Crippen molar-refractivity contribution in [1.29, 1.82) is 0 Å². The summed E-state index contributed by atoms with van der Waals surface area (Å²) >= 11 is 0. The van der Waals surface area contributed by atoms with Gasteiger partial charge < -0.3 is 9.47 Å². The predicted molar refractivity (Wildman–Crippen MR) is 47.4 cm³/mol. The molecule has 0 saturated heterocycles. The van der Waals surface area contributed by atoms with E-state index in [1.165, 1.54) is 0 Å². The first-order valence-electron chi connectivity index (χ1n) is 4.19. The third-order valence-corrected chi connectivity index (χ3v) is 1.93. The molecule has 1 atom stereocenters. The summed E-state index contributed by atoms with van der Waals surface area (Å²) in [5.41, 5.74) is 0.546. The molecule has 1 aliphatic rings. The van der Waals surface area contributed by atoms with Gasteiger partial charge >= 0.3 is 0 Å². The van der Waals surface area contributed by atoms with E-state index in [9.17, 15) is 4.79 Å². The first-order chi connectivity index (χ1) is 6.31. The Kier molecular flexibility index (Phi) is 1.93. The van der Waals surface area contributed by atoms with Crippen LogP contribution in [0.3, 0.4) is 0 Å². The molecule has 1 aromatic carbocycles. The molecule has 0 aliphatic carbocycles. The zero-order chi connectivity index (χ0) is 9.26. The van der Waals surface area contributed by atoms with Gasteiger partial charge in [-0.25, -0.2) is 0 Å². The highest BCUT2D eigenvalue weighted by Gasteiger charge is 2.19. The van der Waals surface area contributed by atoms with Crippen LogP contribution in [-0.4, -0.2) is 19.0 Å². The van der Waals surface area contributed by atoms with E-state index in [1.807, 2.05) is 6.92 Å². The topological polar surface area (TPSA) is 35.5 Å². The van der Waals surface area contributed by atoms with Crippen LogP contribution in [0.1, 0.15) is 17.3 Å². The molecule has 2 rings (SSSR count). The first kappa shape index (κ1) is 8.10. The summed E-state index contributed by atoms with van der Waals surface area (Å²) in [6.45, 7) is 2.42. The van der Waals surface area contributed by atoms with Crippen LogP contribution >= 0.6 is 0 Å². The Morgan fingerprint density at radius 2 is 2.38 bits per heavy atom. The quantitative estimate of drug-likeness (QED) is 0.613. The van der Waals surface area contributed by atoms with E-state index in [0.717, 1.165) is 6.29 Å². The first-order valence-corrected chi connectivity index (χ1v) is 4.19. The molecule has 0 amide bonds. The van der Waals surface area contributed by atoms with Gasteiger partial charge in [0.2, 0.25) is 0 Å². The van der Waals surface area contributed by atoms with Gasteiger partial charge in [0.25, 0.3) is 0 Å². The maximum absolute atomic E-state index is 10.6. The fourth-order valence-corrected chi connectivity index (χ4v) is 1.32. The zero-order valence-electron chi connectivity index (χ0n) is 7.32. The van der Waals surface area contributed by atoms with Gasteiger partial charge in [-0.3, -0.25) is 4.79 Å². The number of carbonyl (C=O) groups excluding carboxylic acids is 1. The maximum Gasteiger partial charge on any atom is 0.171 e. The van der Waals surface area contributed by atoms with Crippen molar-refractivity contribution < 1.29 is 14.3 Å². The van der Waals surface area contributed by atoms with E-state index in [0.29, 0.717) is 23.7 Å². The lowest BCUT2D eigenvalue weighted by Crippen LogP contribution is -2.26. The fourth-order valence-electron chi connectivity index (χ4n) is 1.32. The van der Waals surface area contributed by atoms with Crippen LogP contribution in [0.25, 0.3) is 0 Å². The number of fused-ring (bicyclic) bond motifs is 1. The van der Waals surface area contributed by atoms with Crippen molar-refractivity contribution in [3.8, 4) is 11.5 Å². The second-order valence-corrected chi connectivity index (χ2v) is 3.03. The molecular weight excluding hydrogens is 168 g/mol. The number of carbonyl (C=O) groups is 1. The summed E-state index contributed by atoms with van der Waals surface area (Å²) < 4.78 is 10.9. The van der Waals surface area contributed by atoms with Crippen molar-refractivity contribution in [3.63, 3.8) is 0 Å². The van der Waals surface area contributed by atoms with Crippen molar-refractivity contribution in [2.75, 3.05) is 6.61 Å². The van der Waals surface area contributed by atoms with Crippen LogP contribution in [0.4, 0.5) is 0 Å². The average Bonchev–Trinajstić information content (AvgIpc) is 2.16. The van der Waals surface area contributed by atoms with Crippen LogP contribution in [0.15, 0.2) is 18.2 Å². The van der Waals surface area contributed by atoms with Gasteiger partial charge in [-0.1, -0.05) is 6.07 Å². The minimum absolute atomic E-state index is 0.0504. The SMILES string of the molecule is CC1COc2c(C=O)cccc2O1. The number of rotatable bonds is 1. The molecule has 0 aromatic heterocycles. The van der Waals surface area contributed by atoms with Crippen LogP contribution in [0.5, 0.6) is 11.5 Å². The summed E-state index contributed by atoms with van der Waals surface area (Å²) in [6, 6.07) is 5.30. The Bertz CT molecular complexity index is 333. The van der Waals surface area contributed by atoms with E-state index in [4.69, 9.17) is 9.47 Å². The van der Waals surface area contributed by atoms with Gasteiger partial charge in [0.15, 0.2) is 17.8 Å². The van der Waals surface area contributed by atoms with Crippen molar-refractivity contribution in [1.82, 2.24) is 0 Å². The molecule has 13 heavy (non-hydrogen) atoms. The second kappa shape index (κ2) is 3.09. The molecule has 68 valence electrons. The summed E-state index contributed by atoms with van der Waals surface area (Å²) in [6.07, 6.45) is 0.826. The average molecular weight is 178 g/mol. The highest BCUT2D eigenvalue weighted by Crippen LogP contribution is 2.33. The van der Waals surface area contributed by atoms with Crippen molar-refractivity contribution in [2.45, 2.75) is 13.0 Å². The highest BCUT2D eigenvalue weighted by atomic mass is 16.6. The Balaban J connectivity index is 2.45. The molecular formula is C10H10O3. The van der Waals surface area contributed by atoms with Gasteiger partial charge in [0.1, 0.15) is 12.7 Å². The van der Waals surface area contributed by atoms with E-state index in [-0.39, 0.29) is 6.10 Å². The lowest BCUT2D eigenvalue weighted by atomic mass is 10.2. The fraction of sp³-hybridized carbons (Fsp3) is 0.300. The van der Waals surface area contributed by atoms with Crippen LogP contribution < -0.4 is 9.47 Å². The lowest BCUT2D eigenvalue weighted by molar-refractivity contribution is 0.0993. The molecule has 0 radical (unpaired) electrons. The van der Waals surface area contributed by atoms with Crippen molar-refractivity contribution in [2.24, 2.45) is 0 Å². The number of benzene rings is 1. The molecule has 1 heterocycles. The molecule has 1 aromatic rings. The van der Waals surface area contributed by atoms with Gasteiger partial charge in [0, 0.05) is 0 Å². The molecule has 0 N–H and O–H groups in total. The van der Waals surface area contributed by atoms with Gasteiger partial charge in [0.05, 0.1) is 5.56 Å². The molecule has 1 aliphatic heterocycles. The number of ether oxygens (including phenoxy) is 2. The summed E-state index contributed by atoms with van der Waals surface area (Å²) in [4.78, 5) is 10.6. The summed E-state index contributed by atoms with van der Waals surface area (Å²) in [7, 11) is 0. The minimum atomic E-state index is 0.0504. The van der Waals surface area contributed by atoms with Crippen LogP contribution in [0, 0.1) is 0 Å². The predicted octanol–water partition coefficient (Wildman–Crippen LogP) is 1.66. The Labute approximate surface area is 76.3 Å². The van der Waals surface area contributed by atoms with E-state index in [1.54, 1.807) is 18.2 Å². The number of para-hydroxylation sites is 1. The zero-order valence-corrected chi connectivity index (χ0v) is 7.32. The number of hydrogen-bond donors (Lipinski definition) is 0. The Morgan fingerprint density at radius 3 is 3.15 bits per heavy atom. The van der Waals surface area contributed by atoms with E-state index >= 15 is 0 Å². The summed E-state index contributed by atoms with van der Waals surface area (Å²) in [5.74, 6) is 1.22. The molecule has 3 heteroatoms. The molecule has 0 bridgehead atoms. The smallest absolute Gasteiger partial charge is 0.171 e. The Hall–Kier alpha value is -1.51. The highest BCUT2D eigenvalue weighted by molar-refractivity contribution is 5.81.